The molecule has 2 unspecified atom stereocenters. The number of rotatable bonds is 7. The monoisotopic (exact) mass is 463 g/mol. The predicted molar refractivity (Wildman–Crippen MR) is 132 cm³/mol. The third-order valence-electron chi connectivity index (χ3n) is 6.11. The number of ether oxygens (including phenoxy) is 1. The zero-order chi connectivity index (χ0) is 24.1. The van der Waals surface area contributed by atoms with Gasteiger partial charge in [0, 0.05) is 37.2 Å². The van der Waals surface area contributed by atoms with Crippen LogP contribution in [0.2, 0.25) is 0 Å². The van der Waals surface area contributed by atoms with Crippen molar-refractivity contribution < 1.29 is 14.3 Å². The zero-order valence-corrected chi connectivity index (χ0v) is 19.1. The molecule has 1 aromatic heterocycles. The first-order valence-electron chi connectivity index (χ1n) is 11.2. The Labute approximate surface area is 197 Å². The first kappa shape index (κ1) is 23.5. The number of nitrogens with two attached hydrogens (primary N) is 2. The molecule has 2 atom stereocenters. The van der Waals surface area contributed by atoms with Gasteiger partial charge in [-0.2, -0.15) is 5.10 Å². The highest BCUT2D eigenvalue weighted by molar-refractivity contribution is 5.89. The van der Waals surface area contributed by atoms with E-state index in [0.717, 1.165) is 18.7 Å². The highest BCUT2D eigenvalue weighted by Crippen LogP contribution is 2.39. The lowest BCUT2D eigenvalue weighted by Crippen LogP contribution is -2.43. The fourth-order valence-corrected chi connectivity index (χ4v) is 4.43. The van der Waals surface area contributed by atoms with Gasteiger partial charge in [0.2, 0.25) is 5.96 Å². The number of fused-ring (bicyclic) bond motifs is 1. The molecule has 5 N–H and O–H groups in total. The molecule has 1 fully saturated rings. The quantitative estimate of drug-likeness (QED) is 0.211. The Balaban J connectivity index is 1.92. The summed E-state index contributed by atoms with van der Waals surface area (Å²) in [5.74, 6) is -1.14. The van der Waals surface area contributed by atoms with E-state index in [4.69, 9.17) is 20.6 Å². The maximum Gasteiger partial charge on any atom is 0.343 e. The Bertz CT molecular complexity index is 1250. The molecule has 3 aromatic rings. The van der Waals surface area contributed by atoms with E-state index in [2.05, 4.69) is 15.1 Å². The molecule has 178 valence electrons. The summed E-state index contributed by atoms with van der Waals surface area (Å²) < 4.78 is 11.1. The van der Waals surface area contributed by atoms with Crippen LogP contribution >= 0.6 is 0 Å². The maximum absolute atomic E-state index is 13.3. The SMILES string of the molecule is C/C(=N\N=C(N)N)C(CN1CCOCC1)C(c1ccccc1)c1c(O)c2ccccc2oc1=O. The molecule has 0 bridgehead atoms. The van der Waals surface area contributed by atoms with Gasteiger partial charge in [0.15, 0.2) is 0 Å². The Morgan fingerprint density at radius 2 is 1.74 bits per heavy atom. The molecule has 4 rings (SSSR count). The van der Waals surface area contributed by atoms with Crippen LogP contribution in [-0.2, 0) is 4.74 Å². The van der Waals surface area contributed by atoms with Gasteiger partial charge in [0.1, 0.15) is 11.3 Å². The summed E-state index contributed by atoms with van der Waals surface area (Å²) in [6, 6.07) is 16.5. The van der Waals surface area contributed by atoms with Crippen molar-refractivity contribution in [2.75, 3.05) is 32.8 Å². The molecular weight excluding hydrogens is 434 g/mol. The summed E-state index contributed by atoms with van der Waals surface area (Å²) in [6.45, 7) is 5.11. The number of benzene rings is 2. The van der Waals surface area contributed by atoms with E-state index in [1.165, 1.54) is 0 Å². The average molecular weight is 464 g/mol. The summed E-state index contributed by atoms with van der Waals surface area (Å²) >= 11 is 0. The van der Waals surface area contributed by atoms with Crippen molar-refractivity contribution in [2.45, 2.75) is 12.8 Å². The van der Waals surface area contributed by atoms with Gasteiger partial charge in [-0.3, -0.25) is 4.90 Å². The smallest absolute Gasteiger partial charge is 0.343 e. The van der Waals surface area contributed by atoms with E-state index in [1.54, 1.807) is 24.3 Å². The van der Waals surface area contributed by atoms with Gasteiger partial charge < -0.3 is 25.7 Å². The average Bonchev–Trinajstić information content (AvgIpc) is 2.85. The third-order valence-corrected chi connectivity index (χ3v) is 6.11. The standard InChI is InChI=1S/C25H29N5O4/c1-16(28-29-25(26)27)19(15-30-11-13-33-14-12-30)21(17-7-3-2-4-8-17)22-23(31)18-9-5-6-10-20(18)34-24(22)32/h2-10,19,21,31H,11-15H2,1H3,(H4,26,27,29)/b28-16+. The minimum atomic E-state index is -0.591. The molecule has 1 saturated heterocycles. The van der Waals surface area contributed by atoms with E-state index >= 15 is 0 Å². The maximum atomic E-state index is 13.3. The lowest BCUT2D eigenvalue weighted by molar-refractivity contribution is 0.0335. The number of guanidine groups is 1. The Kier molecular flexibility index (Phi) is 7.24. The molecule has 1 aliphatic heterocycles. The van der Waals surface area contributed by atoms with Crippen molar-refractivity contribution in [1.29, 1.82) is 0 Å². The van der Waals surface area contributed by atoms with Crippen LogP contribution in [0.1, 0.15) is 24.0 Å². The van der Waals surface area contributed by atoms with Crippen molar-refractivity contribution in [3.8, 4) is 5.75 Å². The van der Waals surface area contributed by atoms with Crippen molar-refractivity contribution in [3.05, 3.63) is 76.1 Å². The molecule has 0 amide bonds. The summed E-state index contributed by atoms with van der Waals surface area (Å²) in [6.07, 6.45) is 0. The van der Waals surface area contributed by atoms with Crippen molar-refractivity contribution in [2.24, 2.45) is 27.6 Å². The van der Waals surface area contributed by atoms with Gasteiger partial charge >= 0.3 is 5.63 Å². The first-order valence-corrected chi connectivity index (χ1v) is 11.2. The van der Waals surface area contributed by atoms with Crippen LogP contribution < -0.4 is 17.1 Å². The van der Waals surface area contributed by atoms with Gasteiger partial charge in [-0.1, -0.05) is 42.5 Å². The minimum Gasteiger partial charge on any atom is -0.507 e. The van der Waals surface area contributed by atoms with Crippen LogP contribution in [0, 0.1) is 5.92 Å². The normalized spacial score (nSPS) is 16.8. The number of nitrogens with zero attached hydrogens (tertiary/aromatic N) is 3. The molecule has 9 heteroatoms. The Morgan fingerprint density at radius 1 is 1.06 bits per heavy atom. The first-order chi connectivity index (χ1) is 16.5. The molecule has 2 aromatic carbocycles. The molecule has 0 aliphatic carbocycles. The summed E-state index contributed by atoms with van der Waals surface area (Å²) in [4.78, 5) is 15.5. The summed E-state index contributed by atoms with van der Waals surface area (Å²) in [7, 11) is 0. The topological polar surface area (TPSA) is 140 Å². The van der Waals surface area contributed by atoms with Crippen LogP contribution in [-0.4, -0.2) is 54.5 Å². The molecule has 9 nitrogen and oxygen atoms in total. The van der Waals surface area contributed by atoms with Crippen molar-refractivity contribution in [3.63, 3.8) is 0 Å². The summed E-state index contributed by atoms with van der Waals surface area (Å²) in [5, 5.41) is 19.9. The number of morpholine rings is 1. The Hall–Kier alpha value is -3.69. The molecule has 1 aliphatic rings. The van der Waals surface area contributed by atoms with Gasteiger partial charge in [-0.15, -0.1) is 5.10 Å². The number of para-hydroxylation sites is 1. The fourth-order valence-electron chi connectivity index (χ4n) is 4.43. The van der Waals surface area contributed by atoms with Crippen molar-refractivity contribution in [1.82, 2.24) is 4.90 Å². The van der Waals surface area contributed by atoms with E-state index in [-0.39, 0.29) is 23.2 Å². The second-order valence-electron chi connectivity index (χ2n) is 8.32. The van der Waals surface area contributed by atoms with Gasteiger partial charge in [-0.05, 0) is 24.6 Å². The zero-order valence-electron chi connectivity index (χ0n) is 19.1. The number of hydrogen-bond donors (Lipinski definition) is 3. The summed E-state index contributed by atoms with van der Waals surface area (Å²) in [5.41, 5.74) is 12.4. The second kappa shape index (κ2) is 10.5. The van der Waals surface area contributed by atoms with Crippen LogP contribution in [0.4, 0.5) is 0 Å². The lowest BCUT2D eigenvalue weighted by Gasteiger charge is -2.34. The fraction of sp³-hybridized carbons (Fsp3) is 0.320. The molecular formula is C25H29N5O4. The van der Waals surface area contributed by atoms with Gasteiger partial charge in [0.05, 0.1) is 24.2 Å². The highest BCUT2D eigenvalue weighted by atomic mass is 16.5. The number of aromatic hydroxyl groups is 1. The largest absolute Gasteiger partial charge is 0.507 e. The Morgan fingerprint density at radius 3 is 2.44 bits per heavy atom. The minimum absolute atomic E-state index is 0.0951. The van der Waals surface area contributed by atoms with E-state index < -0.39 is 11.5 Å². The third kappa shape index (κ3) is 5.11. The highest BCUT2D eigenvalue weighted by Gasteiger charge is 2.35. The van der Waals surface area contributed by atoms with Gasteiger partial charge in [-0.25, -0.2) is 4.79 Å². The molecule has 0 spiro atoms. The van der Waals surface area contributed by atoms with Gasteiger partial charge in [0.25, 0.3) is 0 Å². The molecule has 0 saturated carbocycles. The number of hydrogen-bond acceptors (Lipinski definition) is 7. The predicted octanol–water partition coefficient (Wildman–Crippen LogP) is 2.23. The molecule has 0 radical (unpaired) electrons. The van der Waals surface area contributed by atoms with E-state index in [9.17, 15) is 9.90 Å². The second-order valence-corrected chi connectivity index (χ2v) is 8.32. The lowest BCUT2D eigenvalue weighted by atomic mass is 9.78. The van der Waals surface area contributed by atoms with Crippen LogP contribution in [0.15, 0.2) is 74.0 Å². The van der Waals surface area contributed by atoms with Crippen LogP contribution in [0.3, 0.4) is 0 Å². The van der Waals surface area contributed by atoms with Crippen molar-refractivity contribution >= 4 is 22.6 Å². The molecule has 34 heavy (non-hydrogen) atoms. The van der Waals surface area contributed by atoms with Crippen LogP contribution in [0.25, 0.3) is 11.0 Å². The van der Waals surface area contributed by atoms with Crippen LogP contribution in [0.5, 0.6) is 5.75 Å². The van der Waals surface area contributed by atoms with E-state index in [1.807, 2.05) is 37.3 Å². The molecule has 2 heterocycles. The van der Waals surface area contributed by atoms with E-state index in [0.29, 0.717) is 36.4 Å².